The number of para-hydroxylation sites is 1. The summed E-state index contributed by atoms with van der Waals surface area (Å²) in [4.78, 5) is 0. The minimum Gasteiger partial charge on any atom is -0.461 e. The van der Waals surface area contributed by atoms with E-state index in [4.69, 9.17) is 4.42 Å². The summed E-state index contributed by atoms with van der Waals surface area (Å²) in [5, 5.41) is 11.7. The van der Waals surface area contributed by atoms with E-state index < -0.39 is 6.10 Å². The molecule has 3 aromatic rings. The van der Waals surface area contributed by atoms with Gasteiger partial charge in [0.25, 0.3) is 0 Å². The van der Waals surface area contributed by atoms with Crippen LogP contribution in [0.25, 0.3) is 11.0 Å². The number of hydrogen-bond acceptors (Lipinski definition) is 2. The third kappa shape index (κ3) is 1.94. The van der Waals surface area contributed by atoms with Crippen LogP contribution in [0.3, 0.4) is 0 Å². The van der Waals surface area contributed by atoms with E-state index in [1.165, 1.54) is 0 Å². The fourth-order valence-corrected chi connectivity index (χ4v) is 2.58. The first-order valence-corrected chi connectivity index (χ1v) is 6.40. The van der Waals surface area contributed by atoms with Crippen LogP contribution in [0.5, 0.6) is 0 Å². The summed E-state index contributed by atoms with van der Waals surface area (Å²) in [7, 11) is 0. The first-order chi connectivity index (χ1) is 9.18. The van der Waals surface area contributed by atoms with Crippen molar-refractivity contribution in [3.63, 3.8) is 0 Å². The molecule has 2 heteroatoms. The Morgan fingerprint density at radius 2 is 1.63 bits per heavy atom. The second-order valence-electron chi connectivity index (χ2n) is 4.83. The van der Waals surface area contributed by atoms with Gasteiger partial charge in [-0.1, -0.05) is 42.5 Å². The molecule has 0 aliphatic rings. The van der Waals surface area contributed by atoms with E-state index in [-0.39, 0.29) is 0 Å². The average molecular weight is 252 g/mol. The summed E-state index contributed by atoms with van der Waals surface area (Å²) in [5.41, 5.74) is 3.70. The molecular weight excluding hydrogens is 236 g/mol. The molecule has 2 aromatic carbocycles. The predicted octanol–water partition coefficient (Wildman–Crippen LogP) is 4.13. The molecule has 0 aliphatic carbocycles. The maximum atomic E-state index is 10.7. The van der Waals surface area contributed by atoms with Crippen molar-refractivity contribution in [1.29, 1.82) is 0 Å². The van der Waals surface area contributed by atoms with Gasteiger partial charge in [-0.2, -0.15) is 0 Å². The summed E-state index contributed by atoms with van der Waals surface area (Å²) in [6.07, 6.45) is -0.648. The molecule has 1 heterocycles. The largest absolute Gasteiger partial charge is 0.461 e. The van der Waals surface area contributed by atoms with Gasteiger partial charge < -0.3 is 9.52 Å². The first-order valence-electron chi connectivity index (χ1n) is 6.40. The molecule has 0 spiro atoms. The number of hydrogen-bond donors (Lipinski definition) is 1. The number of aliphatic hydroxyl groups excluding tert-OH is 1. The lowest BCUT2D eigenvalue weighted by molar-refractivity contribution is 0.218. The Bertz CT molecular complexity index is 725. The Morgan fingerprint density at radius 3 is 2.42 bits per heavy atom. The highest BCUT2D eigenvalue weighted by atomic mass is 16.3. The normalized spacial score (nSPS) is 12.8. The number of aryl methyl sites for hydroxylation is 2. The molecule has 0 saturated heterocycles. The molecule has 0 fully saturated rings. The Kier molecular flexibility index (Phi) is 2.88. The van der Waals surface area contributed by atoms with Crippen LogP contribution in [0.15, 0.2) is 52.9 Å². The highest BCUT2D eigenvalue weighted by Crippen LogP contribution is 2.34. The van der Waals surface area contributed by atoms with Crippen LogP contribution in [0.4, 0.5) is 0 Å². The number of aliphatic hydroxyl groups is 1. The Balaban J connectivity index is 2.19. The number of benzene rings is 2. The summed E-state index contributed by atoms with van der Waals surface area (Å²) in [6.45, 7) is 3.91. The minimum absolute atomic E-state index is 0.648. The van der Waals surface area contributed by atoms with Gasteiger partial charge in [0.05, 0.1) is 0 Å². The van der Waals surface area contributed by atoms with Crippen molar-refractivity contribution in [2.75, 3.05) is 0 Å². The SMILES string of the molecule is Cc1ccccc1C(O)c1c(C)oc2ccccc12. The highest BCUT2D eigenvalue weighted by molar-refractivity contribution is 5.83. The zero-order valence-corrected chi connectivity index (χ0v) is 11.1. The quantitative estimate of drug-likeness (QED) is 0.744. The van der Waals surface area contributed by atoms with Gasteiger partial charge in [0.2, 0.25) is 0 Å². The average Bonchev–Trinajstić information content (AvgIpc) is 2.74. The lowest BCUT2D eigenvalue weighted by Crippen LogP contribution is -2.02. The van der Waals surface area contributed by atoms with E-state index in [9.17, 15) is 5.11 Å². The molecule has 0 bridgehead atoms. The van der Waals surface area contributed by atoms with Gasteiger partial charge in [-0.25, -0.2) is 0 Å². The predicted molar refractivity (Wildman–Crippen MR) is 76.2 cm³/mol. The summed E-state index contributed by atoms with van der Waals surface area (Å²) in [5.74, 6) is 0.775. The monoisotopic (exact) mass is 252 g/mol. The molecule has 1 aromatic heterocycles. The lowest BCUT2D eigenvalue weighted by Gasteiger charge is -2.13. The third-order valence-electron chi connectivity index (χ3n) is 3.58. The van der Waals surface area contributed by atoms with Crippen molar-refractivity contribution >= 4 is 11.0 Å². The molecule has 0 amide bonds. The second-order valence-corrected chi connectivity index (χ2v) is 4.83. The van der Waals surface area contributed by atoms with Crippen molar-refractivity contribution in [2.24, 2.45) is 0 Å². The highest BCUT2D eigenvalue weighted by Gasteiger charge is 2.20. The Labute approximate surface area is 112 Å². The van der Waals surface area contributed by atoms with Crippen molar-refractivity contribution in [3.8, 4) is 0 Å². The van der Waals surface area contributed by atoms with Gasteiger partial charge in [0.1, 0.15) is 17.4 Å². The van der Waals surface area contributed by atoms with Gasteiger partial charge in [-0.3, -0.25) is 0 Å². The third-order valence-corrected chi connectivity index (χ3v) is 3.58. The smallest absolute Gasteiger partial charge is 0.134 e. The van der Waals surface area contributed by atoms with E-state index in [1.807, 2.05) is 62.4 Å². The molecule has 1 atom stereocenters. The van der Waals surface area contributed by atoms with Gasteiger partial charge in [-0.15, -0.1) is 0 Å². The molecule has 96 valence electrons. The van der Waals surface area contributed by atoms with Gasteiger partial charge in [0, 0.05) is 10.9 Å². The molecule has 1 N–H and O–H groups in total. The minimum atomic E-state index is -0.648. The van der Waals surface area contributed by atoms with Crippen LogP contribution in [0, 0.1) is 13.8 Å². The number of furan rings is 1. The van der Waals surface area contributed by atoms with Crippen LogP contribution < -0.4 is 0 Å². The van der Waals surface area contributed by atoms with E-state index in [0.29, 0.717) is 0 Å². The van der Waals surface area contributed by atoms with Crippen LogP contribution in [0.2, 0.25) is 0 Å². The topological polar surface area (TPSA) is 33.4 Å². The van der Waals surface area contributed by atoms with E-state index in [2.05, 4.69) is 0 Å². The zero-order chi connectivity index (χ0) is 13.4. The second kappa shape index (κ2) is 4.56. The van der Waals surface area contributed by atoms with E-state index >= 15 is 0 Å². The Hall–Kier alpha value is -2.06. The number of fused-ring (bicyclic) bond motifs is 1. The molecule has 0 saturated carbocycles. The van der Waals surface area contributed by atoms with Gasteiger partial charge >= 0.3 is 0 Å². The molecule has 3 rings (SSSR count). The van der Waals surface area contributed by atoms with Gasteiger partial charge in [-0.05, 0) is 31.0 Å². The maximum Gasteiger partial charge on any atom is 0.134 e. The zero-order valence-electron chi connectivity index (χ0n) is 11.1. The fraction of sp³-hybridized carbons (Fsp3) is 0.176. The summed E-state index contributed by atoms with van der Waals surface area (Å²) in [6, 6.07) is 15.7. The van der Waals surface area contributed by atoms with Crippen LogP contribution in [0.1, 0.15) is 28.6 Å². The van der Waals surface area contributed by atoms with Crippen molar-refractivity contribution in [2.45, 2.75) is 20.0 Å². The molecule has 0 radical (unpaired) electrons. The standard InChI is InChI=1S/C17H16O2/c1-11-7-3-4-8-13(11)17(18)16-12(2)19-15-10-6-5-9-14(15)16/h3-10,17-18H,1-2H3. The molecule has 2 nitrogen and oxygen atoms in total. The van der Waals surface area contributed by atoms with Crippen LogP contribution in [-0.2, 0) is 0 Å². The van der Waals surface area contributed by atoms with E-state index in [0.717, 1.165) is 33.4 Å². The van der Waals surface area contributed by atoms with Crippen molar-refractivity contribution in [1.82, 2.24) is 0 Å². The molecular formula is C17H16O2. The molecule has 19 heavy (non-hydrogen) atoms. The lowest BCUT2D eigenvalue weighted by atomic mass is 9.95. The summed E-state index contributed by atoms with van der Waals surface area (Å²) >= 11 is 0. The first kappa shape index (κ1) is 12.0. The van der Waals surface area contributed by atoms with E-state index in [1.54, 1.807) is 0 Å². The number of rotatable bonds is 2. The van der Waals surface area contributed by atoms with Crippen molar-refractivity contribution < 1.29 is 9.52 Å². The van der Waals surface area contributed by atoms with Crippen molar-refractivity contribution in [3.05, 3.63) is 71.0 Å². The van der Waals surface area contributed by atoms with Crippen LogP contribution in [-0.4, -0.2) is 5.11 Å². The molecule has 0 aliphatic heterocycles. The fourth-order valence-electron chi connectivity index (χ4n) is 2.58. The van der Waals surface area contributed by atoms with Gasteiger partial charge in [0.15, 0.2) is 0 Å². The van der Waals surface area contributed by atoms with Crippen LogP contribution >= 0.6 is 0 Å². The Morgan fingerprint density at radius 1 is 0.947 bits per heavy atom. The maximum absolute atomic E-state index is 10.7. The summed E-state index contributed by atoms with van der Waals surface area (Å²) < 4.78 is 5.72. The molecule has 1 unspecified atom stereocenters.